The second kappa shape index (κ2) is 7.28. The molecule has 0 bridgehead atoms. The summed E-state index contributed by atoms with van der Waals surface area (Å²) in [5.41, 5.74) is 2.08. The molecule has 0 radical (unpaired) electrons. The van der Waals surface area contributed by atoms with Crippen LogP contribution in [0.5, 0.6) is 5.75 Å². The van der Waals surface area contributed by atoms with E-state index in [1.165, 1.54) is 6.07 Å². The average Bonchev–Trinajstić information content (AvgIpc) is 3.15. The second-order valence-corrected chi connectivity index (χ2v) is 7.58. The molecule has 0 N–H and O–H groups in total. The quantitative estimate of drug-likeness (QED) is 0.466. The van der Waals surface area contributed by atoms with E-state index in [-0.39, 0.29) is 10.6 Å². The maximum absolute atomic E-state index is 12.9. The van der Waals surface area contributed by atoms with Crippen LogP contribution in [0.15, 0.2) is 88.3 Å². The molecule has 4 rings (SSSR count). The lowest BCUT2D eigenvalue weighted by Crippen LogP contribution is -2.11. The van der Waals surface area contributed by atoms with Gasteiger partial charge in [-0.2, -0.15) is 13.4 Å². The van der Waals surface area contributed by atoms with Crippen molar-refractivity contribution in [2.45, 2.75) is 11.8 Å². The van der Waals surface area contributed by atoms with Crippen LogP contribution in [0.1, 0.15) is 5.89 Å². The molecular weight excluding hydrogens is 376 g/mol. The fraction of sp³-hybridized carbons (Fsp3) is 0.0476. The van der Waals surface area contributed by atoms with E-state index in [9.17, 15) is 8.42 Å². The predicted molar refractivity (Wildman–Crippen MR) is 104 cm³/mol. The minimum atomic E-state index is -4.02. The summed E-state index contributed by atoms with van der Waals surface area (Å²) in [6.07, 6.45) is 0. The van der Waals surface area contributed by atoms with Crippen molar-refractivity contribution in [3.8, 4) is 28.3 Å². The summed E-state index contributed by atoms with van der Waals surface area (Å²) in [5, 5.41) is 3.84. The van der Waals surface area contributed by atoms with Gasteiger partial charge in [0.05, 0.1) is 0 Å². The topological polar surface area (TPSA) is 82.3 Å². The molecule has 0 aliphatic heterocycles. The van der Waals surface area contributed by atoms with Crippen molar-refractivity contribution in [2.75, 3.05) is 0 Å². The lowest BCUT2D eigenvalue weighted by atomic mass is 10.1. The molecule has 1 heterocycles. The first-order chi connectivity index (χ1) is 13.5. The molecule has 0 aliphatic carbocycles. The summed E-state index contributed by atoms with van der Waals surface area (Å²) in [4.78, 5) is 4.25. The highest BCUT2D eigenvalue weighted by molar-refractivity contribution is 7.87. The third-order valence-electron chi connectivity index (χ3n) is 4.09. The van der Waals surface area contributed by atoms with E-state index >= 15 is 0 Å². The van der Waals surface area contributed by atoms with Crippen molar-refractivity contribution in [1.82, 2.24) is 10.1 Å². The Bertz CT molecular complexity index is 1200. The van der Waals surface area contributed by atoms with Crippen molar-refractivity contribution in [2.24, 2.45) is 0 Å². The molecule has 28 heavy (non-hydrogen) atoms. The maximum Gasteiger partial charge on any atom is 0.339 e. The van der Waals surface area contributed by atoms with Gasteiger partial charge in [-0.3, -0.25) is 0 Å². The average molecular weight is 392 g/mol. The highest BCUT2D eigenvalue weighted by Crippen LogP contribution is 2.30. The van der Waals surface area contributed by atoms with Gasteiger partial charge in [0.15, 0.2) is 0 Å². The second-order valence-electron chi connectivity index (χ2n) is 6.06. The van der Waals surface area contributed by atoms with Crippen molar-refractivity contribution in [3.05, 3.63) is 84.8 Å². The number of benzene rings is 3. The van der Waals surface area contributed by atoms with Gasteiger partial charge in [0.2, 0.25) is 11.7 Å². The smallest absolute Gasteiger partial charge is 0.339 e. The van der Waals surface area contributed by atoms with Crippen LogP contribution in [-0.4, -0.2) is 18.6 Å². The SMILES string of the molecule is Cc1nc(-c2ccc(OS(=O)(=O)c3ccccc3-c3ccccc3)cc2)no1. The molecule has 0 amide bonds. The van der Waals surface area contributed by atoms with E-state index in [1.807, 2.05) is 30.3 Å². The van der Waals surface area contributed by atoms with Crippen LogP contribution in [0.4, 0.5) is 0 Å². The van der Waals surface area contributed by atoms with Gasteiger partial charge in [-0.15, -0.1) is 0 Å². The monoisotopic (exact) mass is 392 g/mol. The molecule has 0 spiro atoms. The zero-order chi connectivity index (χ0) is 19.6. The van der Waals surface area contributed by atoms with E-state index < -0.39 is 10.1 Å². The van der Waals surface area contributed by atoms with E-state index in [0.717, 1.165) is 5.56 Å². The molecule has 0 saturated carbocycles. The van der Waals surface area contributed by atoms with Crippen LogP contribution in [0.2, 0.25) is 0 Å². The van der Waals surface area contributed by atoms with Crippen LogP contribution < -0.4 is 4.18 Å². The molecule has 0 atom stereocenters. The highest BCUT2D eigenvalue weighted by Gasteiger charge is 2.21. The third-order valence-corrected chi connectivity index (χ3v) is 5.39. The zero-order valence-electron chi connectivity index (χ0n) is 14.9. The van der Waals surface area contributed by atoms with Crippen LogP contribution in [-0.2, 0) is 10.1 Å². The number of rotatable bonds is 5. The Morgan fingerprint density at radius 1 is 0.821 bits per heavy atom. The van der Waals surface area contributed by atoms with Crippen molar-refractivity contribution >= 4 is 10.1 Å². The molecule has 0 unspecified atom stereocenters. The summed E-state index contributed by atoms with van der Waals surface area (Å²) in [6, 6.07) is 22.5. The summed E-state index contributed by atoms with van der Waals surface area (Å²) in [6.45, 7) is 1.70. The fourth-order valence-electron chi connectivity index (χ4n) is 2.79. The van der Waals surface area contributed by atoms with Gasteiger partial charge in [-0.25, -0.2) is 0 Å². The van der Waals surface area contributed by atoms with Gasteiger partial charge in [-0.05, 0) is 35.9 Å². The summed E-state index contributed by atoms with van der Waals surface area (Å²) in [5.74, 6) is 1.09. The van der Waals surface area contributed by atoms with Gasteiger partial charge >= 0.3 is 10.1 Å². The number of nitrogens with zero attached hydrogens (tertiary/aromatic N) is 2. The lowest BCUT2D eigenvalue weighted by molar-refractivity contribution is 0.394. The van der Waals surface area contributed by atoms with E-state index in [4.69, 9.17) is 8.71 Å². The van der Waals surface area contributed by atoms with Gasteiger partial charge < -0.3 is 8.71 Å². The molecule has 140 valence electrons. The Hall–Kier alpha value is -3.45. The van der Waals surface area contributed by atoms with Gasteiger partial charge in [0.25, 0.3) is 0 Å². The molecule has 1 aromatic heterocycles. The van der Waals surface area contributed by atoms with Crippen LogP contribution in [0.3, 0.4) is 0 Å². The first-order valence-electron chi connectivity index (χ1n) is 8.53. The Kier molecular flexibility index (Phi) is 4.67. The first kappa shape index (κ1) is 17.9. The molecule has 7 heteroatoms. The first-order valence-corrected chi connectivity index (χ1v) is 9.93. The van der Waals surface area contributed by atoms with Crippen LogP contribution in [0.25, 0.3) is 22.5 Å². The van der Waals surface area contributed by atoms with Crippen molar-refractivity contribution in [1.29, 1.82) is 0 Å². The Labute approximate surface area is 162 Å². The molecule has 0 saturated heterocycles. The minimum Gasteiger partial charge on any atom is -0.379 e. The lowest BCUT2D eigenvalue weighted by Gasteiger charge is -2.11. The molecular formula is C21H16N2O4S. The Morgan fingerprint density at radius 3 is 2.18 bits per heavy atom. The van der Waals surface area contributed by atoms with E-state index in [1.54, 1.807) is 49.4 Å². The molecule has 3 aromatic carbocycles. The van der Waals surface area contributed by atoms with Gasteiger partial charge in [-0.1, -0.05) is 53.7 Å². The minimum absolute atomic E-state index is 0.110. The number of hydrogen-bond donors (Lipinski definition) is 0. The maximum atomic E-state index is 12.9. The summed E-state index contributed by atoms with van der Waals surface area (Å²) >= 11 is 0. The zero-order valence-corrected chi connectivity index (χ0v) is 15.8. The molecule has 4 aromatic rings. The number of hydrogen-bond acceptors (Lipinski definition) is 6. The van der Waals surface area contributed by atoms with Gasteiger partial charge in [0, 0.05) is 18.1 Å². The summed E-state index contributed by atoms with van der Waals surface area (Å²) in [7, 11) is -4.02. The van der Waals surface area contributed by atoms with Crippen LogP contribution >= 0.6 is 0 Å². The Morgan fingerprint density at radius 2 is 1.50 bits per heavy atom. The standard InChI is InChI=1S/C21H16N2O4S/c1-15-22-21(23-26-15)17-11-13-18(14-12-17)27-28(24,25)20-10-6-5-9-19(20)16-7-3-2-4-8-16/h2-14H,1H3. The molecule has 6 nitrogen and oxygen atoms in total. The highest BCUT2D eigenvalue weighted by atomic mass is 32.2. The Balaban J connectivity index is 1.64. The molecule has 0 fully saturated rings. The number of aryl methyl sites for hydroxylation is 1. The normalized spacial score (nSPS) is 11.3. The van der Waals surface area contributed by atoms with E-state index in [0.29, 0.717) is 22.8 Å². The van der Waals surface area contributed by atoms with Crippen molar-refractivity contribution in [3.63, 3.8) is 0 Å². The molecule has 0 aliphatic rings. The third kappa shape index (κ3) is 3.65. The van der Waals surface area contributed by atoms with E-state index in [2.05, 4.69) is 10.1 Å². The fourth-order valence-corrected chi connectivity index (χ4v) is 3.94. The van der Waals surface area contributed by atoms with Crippen molar-refractivity contribution < 1.29 is 17.1 Å². The predicted octanol–water partition coefficient (Wildman–Crippen LogP) is 4.48. The van der Waals surface area contributed by atoms with Crippen LogP contribution in [0, 0.1) is 6.92 Å². The van der Waals surface area contributed by atoms with Gasteiger partial charge in [0.1, 0.15) is 10.6 Å². The number of aromatic nitrogens is 2. The largest absolute Gasteiger partial charge is 0.379 e. The summed E-state index contributed by atoms with van der Waals surface area (Å²) < 4.78 is 36.1.